The molecule has 0 aliphatic carbocycles. The minimum Gasteiger partial charge on any atom is -0.473 e. The summed E-state index contributed by atoms with van der Waals surface area (Å²) in [5, 5.41) is 11.2. The third-order valence-corrected chi connectivity index (χ3v) is 4.88. The number of rotatable bonds is 8. The van der Waals surface area contributed by atoms with Crippen molar-refractivity contribution in [3.63, 3.8) is 0 Å². The van der Waals surface area contributed by atoms with Crippen molar-refractivity contribution in [1.82, 2.24) is 25.4 Å². The fourth-order valence-electron chi connectivity index (χ4n) is 3.12. The van der Waals surface area contributed by atoms with Crippen molar-refractivity contribution in [2.45, 2.75) is 40.5 Å². The second-order valence-electron chi connectivity index (χ2n) is 7.10. The molecule has 0 aliphatic rings. The van der Waals surface area contributed by atoms with Gasteiger partial charge in [0.15, 0.2) is 5.96 Å². The van der Waals surface area contributed by atoms with Crippen LogP contribution in [-0.4, -0.2) is 27.3 Å². The molecule has 3 rings (SSSR count). The average molecular weight is 407 g/mol. The molecule has 0 atom stereocenters. The van der Waals surface area contributed by atoms with E-state index in [2.05, 4.69) is 34.6 Å². The summed E-state index contributed by atoms with van der Waals surface area (Å²) >= 11 is 0. The molecule has 0 saturated heterocycles. The zero-order valence-corrected chi connectivity index (χ0v) is 18.1. The first-order chi connectivity index (χ1) is 14.6. The van der Waals surface area contributed by atoms with Gasteiger partial charge in [-0.3, -0.25) is 4.68 Å². The van der Waals surface area contributed by atoms with Crippen molar-refractivity contribution in [3.05, 3.63) is 76.7 Å². The number of ether oxygens (including phenoxy) is 1. The second-order valence-corrected chi connectivity index (χ2v) is 7.10. The molecular formula is C23H30N6O. The molecule has 2 N–H and O–H groups in total. The van der Waals surface area contributed by atoms with E-state index in [0.29, 0.717) is 25.6 Å². The molecule has 0 amide bonds. The van der Waals surface area contributed by atoms with Gasteiger partial charge in [-0.25, -0.2) is 9.98 Å². The van der Waals surface area contributed by atoms with Gasteiger partial charge < -0.3 is 15.4 Å². The van der Waals surface area contributed by atoms with Crippen molar-refractivity contribution in [2.24, 2.45) is 12.0 Å². The number of aryl methyl sites for hydroxylation is 2. The van der Waals surface area contributed by atoms with Crippen molar-refractivity contribution in [1.29, 1.82) is 0 Å². The molecule has 0 unspecified atom stereocenters. The van der Waals surface area contributed by atoms with Crippen molar-refractivity contribution < 1.29 is 4.74 Å². The Bertz CT molecular complexity index is 981. The average Bonchev–Trinajstić information content (AvgIpc) is 3.01. The van der Waals surface area contributed by atoms with E-state index >= 15 is 0 Å². The van der Waals surface area contributed by atoms with Crippen molar-refractivity contribution in [2.75, 3.05) is 6.54 Å². The van der Waals surface area contributed by atoms with Gasteiger partial charge in [-0.05, 0) is 38.0 Å². The van der Waals surface area contributed by atoms with Gasteiger partial charge in [-0.1, -0.05) is 30.3 Å². The van der Waals surface area contributed by atoms with Crippen LogP contribution in [0.2, 0.25) is 0 Å². The van der Waals surface area contributed by atoms with Crippen LogP contribution in [0.1, 0.15) is 35.0 Å². The fourth-order valence-corrected chi connectivity index (χ4v) is 3.12. The zero-order valence-electron chi connectivity index (χ0n) is 18.1. The van der Waals surface area contributed by atoms with Gasteiger partial charge in [-0.2, -0.15) is 5.10 Å². The number of hydrogen-bond acceptors (Lipinski definition) is 4. The van der Waals surface area contributed by atoms with Crippen LogP contribution >= 0.6 is 0 Å². The van der Waals surface area contributed by atoms with Gasteiger partial charge in [0.1, 0.15) is 6.61 Å². The number of benzene rings is 1. The van der Waals surface area contributed by atoms with Gasteiger partial charge in [-0.15, -0.1) is 0 Å². The van der Waals surface area contributed by atoms with E-state index < -0.39 is 0 Å². The SMILES string of the molecule is CCNC(=NCc1ccnc(OCc2ccccc2)c1)NCc1c(C)nn(C)c1C. The molecule has 30 heavy (non-hydrogen) atoms. The fraction of sp³-hybridized carbons (Fsp3) is 0.348. The van der Waals surface area contributed by atoms with E-state index in [9.17, 15) is 0 Å². The minimum atomic E-state index is 0.495. The van der Waals surface area contributed by atoms with E-state index in [1.165, 1.54) is 5.56 Å². The van der Waals surface area contributed by atoms with Gasteiger partial charge in [0.25, 0.3) is 0 Å². The summed E-state index contributed by atoms with van der Waals surface area (Å²) in [7, 11) is 1.96. The maximum Gasteiger partial charge on any atom is 0.213 e. The highest BCUT2D eigenvalue weighted by molar-refractivity contribution is 5.79. The molecule has 158 valence electrons. The minimum absolute atomic E-state index is 0.495. The Morgan fingerprint density at radius 3 is 2.60 bits per heavy atom. The standard InChI is InChI=1S/C23H30N6O/c1-5-24-23(27-15-21-17(2)28-29(4)18(21)3)26-14-20-11-12-25-22(13-20)30-16-19-9-7-6-8-10-19/h6-13H,5,14-16H2,1-4H3,(H2,24,26,27). The van der Waals surface area contributed by atoms with Crippen LogP contribution in [0.3, 0.4) is 0 Å². The summed E-state index contributed by atoms with van der Waals surface area (Å²) in [5.74, 6) is 1.37. The lowest BCUT2D eigenvalue weighted by Crippen LogP contribution is -2.37. The molecule has 2 aromatic heterocycles. The molecule has 0 saturated carbocycles. The van der Waals surface area contributed by atoms with Crippen LogP contribution in [0.4, 0.5) is 0 Å². The van der Waals surface area contributed by atoms with Gasteiger partial charge in [0, 0.05) is 43.7 Å². The van der Waals surface area contributed by atoms with E-state index in [0.717, 1.165) is 35.0 Å². The molecule has 7 nitrogen and oxygen atoms in total. The second kappa shape index (κ2) is 10.4. The first kappa shape index (κ1) is 21.4. The van der Waals surface area contributed by atoms with Crippen LogP contribution in [0.25, 0.3) is 0 Å². The highest BCUT2D eigenvalue weighted by Crippen LogP contribution is 2.13. The van der Waals surface area contributed by atoms with E-state index in [-0.39, 0.29) is 0 Å². The number of aromatic nitrogens is 3. The summed E-state index contributed by atoms with van der Waals surface area (Å²) in [5.41, 5.74) is 5.54. The smallest absolute Gasteiger partial charge is 0.213 e. The van der Waals surface area contributed by atoms with Gasteiger partial charge >= 0.3 is 0 Å². The molecule has 0 bridgehead atoms. The van der Waals surface area contributed by atoms with Crippen LogP contribution in [0.15, 0.2) is 53.7 Å². The Kier molecular flexibility index (Phi) is 7.43. The summed E-state index contributed by atoms with van der Waals surface area (Å²) in [6.45, 7) is 8.66. The lowest BCUT2D eigenvalue weighted by atomic mass is 10.2. The molecule has 0 aliphatic heterocycles. The molecule has 0 radical (unpaired) electrons. The molecule has 7 heteroatoms. The lowest BCUT2D eigenvalue weighted by molar-refractivity contribution is 0.293. The Balaban J connectivity index is 1.61. The first-order valence-corrected chi connectivity index (χ1v) is 10.2. The third-order valence-electron chi connectivity index (χ3n) is 4.88. The number of aliphatic imine (C=N–C) groups is 1. The Hall–Kier alpha value is -3.35. The van der Waals surface area contributed by atoms with Crippen LogP contribution in [0, 0.1) is 13.8 Å². The molecule has 3 aromatic rings. The Morgan fingerprint density at radius 2 is 1.90 bits per heavy atom. The van der Waals surface area contributed by atoms with Crippen molar-refractivity contribution in [3.8, 4) is 5.88 Å². The first-order valence-electron chi connectivity index (χ1n) is 10.2. The molecular weight excluding hydrogens is 376 g/mol. The summed E-state index contributed by atoms with van der Waals surface area (Å²) in [4.78, 5) is 9.01. The van der Waals surface area contributed by atoms with Crippen LogP contribution < -0.4 is 15.4 Å². The molecule has 2 heterocycles. The van der Waals surface area contributed by atoms with Gasteiger partial charge in [0.2, 0.25) is 5.88 Å². The summed E-state index contributed by atoms with van der Waals surface area (Å²) < 4.78 is 7.73. The topological polar surface area (TPSA) is 76.4 Å². The number of nitrogens with zero attached hydrogens (tertiary/aromatic N) is 4. The summed E-state index contributed by atoms with van der Waals surface area (Å²) in [6.07, 6.45) is 1.76. The molecule has 1 aromatic carbocycles. The number of pyridine rings is 1. The molecule has 0 spiro atoms. The third kappa shape index (κ3) is 5.83. The number of guanidine groups is 1. The monoisotopic (exact) mass is 406 g/mol. The van der Waals surface area contributed by atoms with Crippen LogP contribution in [0.5, 0.6) is 5.88 Å². The lowest BCUT2D eigenvalue weighted by Gasteiger charge is -2.12. The maximum absolute atomic E-state index is 5.82. The van der Waals surface area contributed by atoms with Gasteiger partial charge in [0.05, 0.1) is 12.2 Å². The van der Waals surface area contributed by atoms with E-state index in [1.807, 2.05) is 61.1 Å². The van der Waals surface area contributed by atoms with Crippen molar-refractivity contribution >= 4 is 5.96 Å². The van der Waals surface area contributed by atoms with Crippen LogP contribution in [-0.2, 0) is 26.7 Å². The maximum atomic E-state index is 5.82. The van der Waals surface area contributed by atoms with E-state index in [1.54, 1.807) is 6.20 Å². The Morgan fingerprint density at radius 1 is 1.10 bits per heavy atom. The quantitative estimate of drug-likeness (QED) is 0.444. The summed E-state index contributed by atoms with van der Waals surface area (Å²) in [6, 6.07) is 14.0. The zero-order chi connectivity index (χ0) is 21.3. The number of nitrogens with one attached hydrogen (secondary N) is 2. The predicted octanol–water partition coefficient (Wildman–Crippen LogP) is 3.27. The predicted molar refractivity (Wildman–Crippen MR) is 119 cm³/mol. The Labute approximate surface area is 178 Å². The largest absolute Gasteiger partial charge is 0.473 e. The number of hydrogen-bond donors (Lipinski definition) is 2. The highest BCUT2D eigenvalue weighted by atomic mass is 16.5. The highest BCUT2D eigenvalue weighted by Gasteiger charge is 2.09. The normalized spacial score (nSPS) is 11.4. The molecule has 0 fully saturated rings. The van der Waals surface area contributed by atoms with E-state index in [4.69, 9.17) is 9.73 Å².